The Hall–Kier alpha value is -1.23. The Bertz CT molecular complexity index is 458. The molecule has 1 saturated carbocycles. The zero-order valence-electron chi connectivity index (χ0n) is 12.2. The highest BCUT2D eigenvalue weighted by Gasteiger charge is 2.31. The van der Waals surface area contributed by atoms with E-state index in [0.717, 1.165) is 12.4 Å². The van der Waals surface area contributed by atoms with E-state index in [9.17, 15) is 4.79 Å². The zero-order chi connectivity index (χ0) is 14.4. The molecule has 0 unspecified atom stereocenters. The Morgan fingerprint density at radius 1 is 1.35 bits per heavy atom. The highest BCUT2D eigenvalue weighted by atomic mass is 32.2. The van der Waals surface area contributed by atoms with Crippen molar-refractivity contribution in [3.63, 3.8) is 0 Å². The number of carbonyl (C=O) groups excluding carboxylic acids is 1. The summed E-state index contributed by atoms with van der Waals surface area (Å²) < 4.78 is 0.217. The number of hydrogen-bond acceptors (Lipinski definition) is 4. The Morgan fingerprint density at radius 2 is 2.10 bits per heavy atom. The Morgan fingerprint density at radius 3 is 2.75 bits per heavy atom. The molecule has 5 heteroatoms. The first kappa shape index (κ1) is 15.2. The van der Waals surface area contributed by atoms with Gasteiger partial charge in [-0.15, -0.1) is 0 Å². The molecule has 2 N–H and O–H groups in total. The van der Waals surface area contributed by atoms with E-state index >= 15 is 0 Å². The molecular weight excluding hydrogens is 270 g/mol. The van der Waals surface area contributed by atoms with Crippen molar-refractivity contribution in [2.24, 2.45) is 0 Å². The number of rotatable bonds is 5. The molecule has 1 aliphatic carbocycles. The third-order valence-corrected chi connectivity index (χ3v) is 5.43. The average molecular weight is 293 g/mol. The van der Waals surface area contributed by atoms with E-state index in [1.807, 2.05) is 23.9 Å². The van der Waals surface area contributed by atoms with Crippen LogP contribution in [0, 0.1) is 0 Å². The van der Waals surface area contributed by atoms with Crippen LogP contribution in [0.1, 0.15) is 42.6 Å². The van der Waals surface area contributed by atoms with Crippen molar-refractivity contribution in [2.45, 2.75) is 36.9 Å². The van der Waals surface area contributed by atoms with E-state index in [4.69, 9.17) is 0 Å². The summed E-state index contributed by atoms with van der Waals surface area (Å²) in [5.41, 5.74) is 0.476. The molecule has 0 atom stereocenters. The van der Waals surface area contributed by atoms with Crippen LogP contribution in [0.2, 0.25) is 0 Å². The molecule has 20 heavy (non-hydrogen) atoms. The molecule has 4 nitrogen and oxygen atoms in total. The molecule has 0 radical (unpaired) electrons. The molecule has 0 bridgehead atoms. The summed E-state index contributed by atoms with van der Waals surface area (Å²) in [6.07, 6.45) is 8.39. The minimum Gasteiger partial charge on any atom is -0.373 e. The molecular formula is C15H23N3OS. The summed E-state index contributed by atoms with van der Waals surface area (Å²) >= 11 is 1.89. The first-order valence-corrected chi connectivity index (χ1v) is 8.40. The fraction of sp³-hybridized carbons (Fsp3) is 0.600. The molecule has 0 aliphatic heterocycles. The van der Waals surface area contributed by atoms with Crippen LogP contribution in [0.25, 0.3) is 0 Å². The maximum Gasteiger partial charge on any atom is 0.270 e. The molecule has 1 fully saturated rings. The third kappa shape index (κ3) is 3.66. The fourth-order valence-electron chi connectivity index (χ4n) is 2.68. The van der Waals surface area contributed by atoms with Gasteiger partial charge in [0.05, 0.1) is 0 Å². The Labute approximate surface area is 125 Å². The maximum atomic E-state index is 12.2. The number of anilines is 1. The molecule has 1 amide bonds. The van der Waals surface area contributed by atoms with Gasteiger partial charge in [-0.2, -0.15) is 11.8 Å². The summed E-state index contributed by atoms with van der Waals surface area (Å²) in [6.45, 7) is 0.735. The van der Waals surface area contributed by atoms with E-state index in [2.05, 4.69) is 21.9 Å². The SMILES string of the molecule is CNc1cccc(C(=O)NCC2(SC)CCCCC2)n1. The van der Waals surface area contributed by atoms with Gasteiger partial charge in [0, 0.05) is 18.3 Å². The van der Waals surface area contributed by atoms with Crippen LogP contribution in [-0.4, -0.2) is 35.5 Å². The monoisotopic (exact) mass is 293 g/mol. The number of amides is 1. The number of pyridine rings is 1. The second-order valence-corrected chi connectivity index (χ2v) is 6.56. The van der Waals surface area contributed by atoms with Gasteiger partial charge in [0.1, 0.15) is 11.5 Å². The quantitative estimate of drug-likeness (QED) is 0.876. The minimum atomic E-state index is -0.0823. The molecule has 2 rings (SSSR count). The van der Waals surface area contributed by atoms with Gasteiger partial charge in [-0.05, 0) is 31.2 Å². The van der Waals surface area contributed by atoms with Crippen LogP contribution in [-0.2, 0) is 0 Å². The van der Waals surface area contributed by atoms with E-state index < -0.39 is 0 Å². The summed E-state index contributed by atoms with van der Waals surface area (Å²) in [4.78, 5) is 16.5. The molecule has 1 heterocycles. The van der Waals surface area contributed by atoms with Crippen LogP contribution in [0.5, 0.6) is 0 Å². The molecule has 0 saturated heterocycles. The number of carbonyl (C=O) groups is 1. The van der Waals surface area contributed by atoms with Gasteiger partial charge >= 0.3 is 0 Å². The smallest absolute Gasteiger partial charge is 0.270 e. The predicted molar refractivity (Wildman–Crippen MR) is 85.4 cm³/mol. The third-order valence-electron chi connectivity index (χ3n) is 4.01. The summed E-state index contributed by atoms with van der Waals surface area (Å²) in [5, 5.41) is 6.01. The van der Waals surface area contributed by atoms with Crippen LogP contribution >= 0.6 is 11.8 Å². The van der Waals surface area contributed by atoms with Crippen molar-refractivity contribution in [1.82, 2.24) is 10.3 Å². The van der Waals surface area contributed by atoms with E-state index in [0.29, 0.717) is 5.69 Å². The Kier molecular flexibility index (Phi) is 5.29. The highest BCUT2D eigenvalue weighted by Crippen LogP contribution is 2.37. The van der Waals surface area contributed by atoms with Crippen molar-refractivity contribution >= 4 is 23.5 Å². The van der Waals surface area contributed by atoms with Gasteiger partial charge in [0.2, 0.25) is 0 Å². The van der Waals surface area contributed by atoms with Crippen LogP contribution in [0.4, 0.5) is 5.82 Å². The van der Waals surface area contributed by atoms with E-state index in [1.165, 1.54) is 32.1 Å². The number of nitrogens with one attached hydrogen (secondary N) is 2. The van der Waals surface area contributed by atoms with Crippen molar-refractivity contribution in [3.8, 4) is 0 Å². The molecule has 1 aliphatic rings. The molecule has 0 spiro atoms. The van der Waals surface area contributed by atoms with Gasteiger partial charge in [-0.3, -0.25) is 4.79 Å². The van der Waals surface area contributed by atoms with Gasteiger partial charge < -0.3 is 10.6 Å². The van der Waals surface area contributed by atoms with Crippen molar-refractivity contribution in [2.75, 3.05) is 25.2 Å². The van der Waals surface area contributed by atoms with Crippen molar-refractivity contribution < 1.29 is 4.79 Å². The zero-order valence-corrected chi connectivity index (χ0v) is 13.1. The first-order valence-electron chi connectivity index (χ1n) is 7.17. The summed E-state index contributed by atoms with van der Waals surface area (Å²) in [6, 6.07) is 5.45. The lowest BCUT2D eigenvalue weighted by Gasteiger charge is -2.35. The molecule has 110 valence electrons. The van der Waals surface area contributed by atoms with Crippen LogP contribution in [0.3, 0.4) is 0 Å². The second kappa shape index (κ2) is 6.97. The minimum absolute atomic E-state index is 0.0823. The fourth-order valence-corrected chi connectivity index (χ4v) is 3.59. The molecule has 1 aromatic heterocycles. The lowest BCUT2D eigenvalue weighted by atomic mass is 9.88. The molecule has 0 aromatic carbocycles. The Balaban J connectivity index is 1.96. The van der Waals surface area contributed by atoms with Gasteiger partial charge in [0.15, 0.2) is 0 Å². The topological polar surface area (TPSA) is 54.0 Å². The first-order chi connectivity index (χ1) is 9.69. The van der Waals surface area contributed by atoms with Gasteiger partial charge in [-0.1, -0.05) is 25.3 Å². The summed E-state index contributed by atoms with van der Waals surface area (Å²) in [5.74, 6) is 0.635. The van der Waals surface area contributed by atoms with E-state index in [-0.39, 0.29) is 10.7 Å². The van der Waals surface area contributed by atoms with Gasteiger partial charge in [0.25, 0.3) is 5.91 Å². The predicted octanol–water partition coefficient (Wildman–Crippen LogP) is 2.92. The normalized spacial score (nSPS) is 17.5. The number of nitrogens with zero attached hydrogens (tertiary/aromatic N) is 1. The standard InChI is InChI=1S/C15H23N3OS/c1-16-13-8-6-7-12(18-13)14(19)17-11-15(20-2)9-4-3-5-10-15/h6-8H,3-5,9-11H2,1-2H3,(H,16,18)(H,17,19). The number of aromatic nitrogens is 1. The van der Waals surface area contributed by atoms with Crippen LogP contribution in [0.15, 0.2) is 18.2 Å². The van der Waals surface area contributed by atoms with E-state index in [1.54, 1.807) is 13.1 Å². The number of thioether (sulfide) groups is 1. The van der Waals surface area contributed by atoms with Gasteiger partial charge in [-0.25, -0.2) is 4.98 Å². The summed E-state index contributed by atoms with van der Waals surface area (Å²) in [7, 11) is 1.80. The van der Waals surface area contributed by atoms with Crippen molar-refractivity contribution in [3.05, 3.63) is 23.9 Å². The second-order valence-electron chi connectivity index (χ2n) is 5.29. The number of hydrogen-bond donors (Lipinski definition) is 2. The largest absolute Gasteiger partial charge is 0.373 e. The highest BCUT2D eigenvalue weighted by molar-refractivity contribution is 8.00. The average Bonchev–Trinajstić information content (AvgIpc) is 2.53. The van der Waals surface area contributed by atoms with Crippen molar-refractivity contribution in [1.29, 1.82) is 0 Å². The lowest BCUT2D eigenvalue weighted by molar-refractivity contribution is 0.0942. The molecule has 1 aromatic rings. The lowest BCUT2D eigenvalue weighted by Crippen LogP contribution is -2.42. The van der Waals surface area contributed by atoms with Crippen LogP contribution < -0.4 is 10.6 Å². The maximum absolute atomic E-state index is 12.2.